The lowest BCUT2D eigenvalue weighted by Crippen LogP contribution is -2.49. The Balaban J connectivity index is 1.21. The Hall–Kier alpha value is -4.51. The number of ether oxygens (including phenoxy) is 1. The molecule has 0 aliphatic heterocycles. The van der Waals surface area contributed by atoms with Crippen LogP contribution in [0.1, 0.15) is 48.8 Å². The summed E-state index contributed by atoms with van der Waals surface area (Å²) in [5, 5.41) is 14.5. The van der Waals surface area contributed by atoms with Crippen molar-refractivity contribution < 1.29 is 28.5 Å². The first-order chi connectivity index (χ1) is 24.9. The molecule has 2 aliphatic rings. The molecule has 6 rings (SSSR count). The lowest BCUT2D eigenvalue weighted by atomic mass is 9.80. The quantitative estimate of drug-likeness (QED) is 0.133. The van der Waals surface area contributed by atoms with Gasteiger partial charge >= 0.3 is 0 Å². The average molecular weight is 710 g/mol. The molecule has 0 saturated heterocycles. The Labute approximate surface area is 300 Å². The van der Waals surface area contributed by atoms with Gasteiger partial charge in [0.1, 0.15) is 12.4 Å². The fraction of sp³-hybridized carbons (Fsp3) is 0.366. The molecule has 0 spiro atoms. The van der Waals surface area contributed by atoms with Gasteiger partial charge < -0.3 is 15.2 Å². The van der Waals surface area contributed by atoms with Crippen molar-refractivity contribution >= 4 is 21.5 Å². The monoisotopic (exact) mass is 709 g/mol. The number of carbonyl (C=O) groups is 2. The molecule has 10 heteroatoms. The summed E-state index contributed by atoms with van der Waals surface area (Å²) in [5.41, 5.74) is 5.27. The van der Waals surface area contributed by atoms with Gasteiger partial charge in [-0.3, -0.25) is 14.4 Å². The van der Waals surface area contributed by atoms with E-state index in [0.29, 0.717) is 17.3 Å². The molecule has 0 unspecified atom stereocenters. The van der Waals surface area contributed by atoms with Crippen LogP contribution in [-0.4, -0.2) is 45.6 Å². The predicted octanol–water partition coefficient (Wildman–Crippen LogP) is 6.25. The number of aliphatic hydroxyl groups excluding tert-OH is 1. The van der Waals surface area contributed by atoms with Gasteiger partial charge in [-0.1, -0.05) is 104 Å². The van der Waals surface area contributed by atoms with Gasteiger partial charge in [-0.2, -0.15) is 0 Å². The first-order valence-electron chi connectivity index (χ1n) is 17.7. The van der Waals surface area contributed by atoms with Crippen LogP contribution in [0.15, 0.2) is 125 Å². The number of rotatable bonds is 14. The average Bonchev–Trinajstić information content (AvgIpc) is 3.45. The maximum absolute atomic E-state index is 14.6. The molecule has 2 aliphatic carbocycles. The van der Waals surface area contributed by atoms with Crippen molar-refractivity contribution in [2.24, 2.45) is 22.1 Å². The van der Waals surface area contributed by atoms with E-state index < -0.39 is 38.9 Å². The molecule has 0 aromatic heterocycles. The van der Waals surface area contributed by atoms with E-state index >= 15 is 0 Å². The molecule has 9 nitrogen and oxygen atoms in total. The molecule has 2 amide bonds. The molecule has 4 aromatic carbocycles. The summed E-state index contributed by atoms with van der Waals surface area (Å²) in [6.07, 6.45) is 2.58. The minimum Gasteiger partial charge on any atom is -0.489 e. The second-order valence-corrected chi connectivity index (χ2v) is 16.0. The molecular weight excluding hydrogens is 663 g/mol. The summed E-state index contributed by atoms with van der Waals surface area (Å²) in [6.45, 7) is 0.584. The summed E-state index contributed by atoms with van der Waals surface area (Å²) in [4.78, 5) is 33.6. The zero-order valence-electron chi connectivity index (χ0n) is 28.9. The molecule has 2 saturated carbocycles. The lowest BCUT2D eigenvalue weighted by Gasteiger charge is -2.32. The fourth-order valence-electron chi connectivity index (χ4n) is 7.74. The second-order valence-electron chi connectivity index (χ2n) is 13.5. The van der Waals surface area contributed by atoms with Gasteiger partial charge in [-0.05, 0) is 72.1 Å². The number of benzene rings is 4. The number of nitrogens with one attached hydrogen (secondary N) is 2. The third-order valence-electron chi connectivity index (χ3n) is 10.2. The number of amides is 2. The maximum Gasteiger partial charge on any atom is 0.244 e. The van der Waals surface area contributed by atoms with E-state index in [4.69, 9.17) is 9.57 Å². The van der Waals surface area contributed by atoms with Crippen molar-refractivity contribution in [3.8, 4) is 5.75 Å². The van der Waals surface area contributed by atoms with E-state index in [-0.39, 0.29) is 37.2 Å². The van der Waals surface area contributed by atoms with Crippen molar-refractivity contribution in [1.29, 1.82) is 0 Å². The van der Waals surface area contributed by atoms with Gasteiger partial charge in [0, 0.05) is 18.4 Å². The molecule has 7 atom stereocenters. The molecular formula is C41H47N3O6S. The van der Waals surface area contributed by atoms with E-state index in [1.807, 2.05) is 103 Å². The maximum atomic E-state index is 14.6. The molecule has 2 fully saturated rings. The van der Waals surface area contributed by atoms with Gasteiger partial charge in [-0.25, -0.2) is 14.1 Å². The Morgan fingerprint density at radius 2 is 1.43 bits per heavy atom. The highest BCUT2D eigenvalue weighted by Crippen LogP contribution is 2.47. The first-order valence-corrected chi connectivity index (χ1v) is 19.3. The highest BCUT2D eigenvalue weighted by Gasteiger charge is 2.55. The zero-order valence-corrected chi connectivity index (χ0v) is 29.8. The Morgan fingerprint density at radius 3 is 2.10 bits per heavy atom. The summed E-state index contributed by atoms with van der Waals surface area (Å²) < 4.78 is 25.1. The van der Waals surface area contributed by atoms with Gasteiger partial charge in [-0.15, -0.1) is 0 Å². The molecule has 3 N–H and O–H groups in total. The Kier molecular flexibility index (Phi) is 12.2. The minimum absolute atomic E-state index is 0.0626. The standard InChI is InChI=1S/C41H47N3O6S/c1-42-51(48,34-20-9-4-10-21-34)40-36-23-12-11-22-35(36)38(39(40)46)43-41(47)32(26-37(45)44-50-28-30-16-7-3-8-17-30)24-31-18-13-19-33(25-31)49-27-29-14-5-2-6-15-29/h2-10,13-21,25,32,35-36,38-40,46H,11-12,22-24,26-28H2,1H3,(H,43,47)(H,44,45)/t32-,35-,36+,38+,39-,40-,51-/m1/s1. The fourth-order valence-corrected chi connectivity index (χ4v) is 10.4. The van der Waals surface area contributed by atoms with Gasteiger partial charge in [0.05, 0.1) is 39.6 Å². The normalized spacial score (nSPS) is 22.9. The van der Waals surface area contributed by atoms with Crippen molar-refractivity contribution in [1.82, 2.24) is 10.8 Å². The number of aliphatic hydroxyl groups is 1. The van der Waals surface area contributed by atoms with E-state index in [2.05, 4.69) is 15.2 Å². The van der Waals surface area contributed by atoms with E-state index in [1.165, 1.54) is 0 Å². The highest BCUT2D eigenvalue weighted by atomic mass is 32.2. The first kappa shape index (κ1) is 36.3. The third kappa shape index (κ3) is 8.87. The Bertz CT molecular complexity index is 1870. The minimum atomic E-state index is -2.99. The van der Waals surface area contributed by atoms with Crippen LogP contribution < -0.4 is 15.5 Å². The number of fused-ring (bicyclic) bond motifs is 1. The van der Waals surface area contributed by atoms with Crippen LogP contribution in [-0.2, 0) is 43.8 Å². The van der Waals surface area contributed by atoms with E-state index in [0.717, 1.165) is 42.4 Å². The van der Waals surface area contributed by atoms with E-state index in [1.54, 1.807) is 19.2 Å². The number of hydrogen-bond acceptors (Lipinski definition) is 7. The van der Waals surface area contributed by atoms with Crippen LogP contribution in [0.2, 0.25) is 0 Å². The van der Waals surface area contributed by atoms with Crippen molar-refractivity contribution in [3.63, 3.8) is 0 Å². The third-order valence-corrected chi connectivity index (χ3v) is 13.0. The van der Waals surface area contributed by atoms with Gasteiger partial charge in [0.25, 0.3) is 0 Å². The molecule has 0 bridgehead atoms. The molecule has 51 heavy (non-hydrogen) atoms. The van der Waals surface area contributed by atoms with E-state index in [9.17, 15) is 18.9 Å². The molecule has 0 heterocycles. The summed E-state index contributed by atoms with van der Waals surface area (Å²) in [6, 6.07) is 35.4. The number of hydroxylamine groups is 1. The smallest absolute Gasteiger partial charge is 0.244 e. The predicted molar refractivity (Wildman–Crippen MR) is 197 cm³/mol. The SMILES string of the molecule is CN=[S@@](=O)(c1ccccc1)[C@H]1[C@H](O)[C@@H](NC(=O)[C@@H](CC(=O)NOCc2ccccc2)Cc2cccc(OCc3ccccc3)c2)[C@@H]2CCCC[C@@H]21. The van der Waals surface area contributed by atoms with Crippen LogP contribution in [0.3, 0.4) is 0 Å². The van der Waals surface area contributed by atoms with Crippen molar-refractivity contribution in [3.05, 3.63) is 132 Å². The Morgan fingerprint density at radius 1 is 0.824 bits per heavy atom. The summed E-state index contributed by atoms with van der Waals surface area (Å²) in [7, 11) is -1.44. The number of nitrogens with zero attached hydrogens (tertiary/aromatic N) is 1. The number of carbonyl (C=O) groups excluding carboxylic acids is 2. The molecule has 4 aromatic rings. The molecule has 0 radical (unpaired) electrons. The topological polar surface area (TPSA) is 126 Å². The van der Waals surface area contributed by atoms with Crippen LogP contribution in [0, 0.1) is 17.8 Å². The summed E-state index contributed by atoms with van der Waals surface area (Å²) in [5.74, 6) is -1.03. The number of hydrogen-bond donors (Lipinski definition) is 3. The van der Waals surface area contributed by atoms with Crippen LogP contribution in [0.4, 0.5) is 0 Å². The van der Waals surface area contributed by atoms with Crippen LogP contribution in [0.5, 0.6) is 5.75 Å². The summed E-state index contributed by atoms with van der Waals surface area (Å²) >= 11 is 0. The zero-order chi connectivity index (χ0) is 35.6. The molecule has 268 valence electrons. The van der Waals surface area contributed by atoms with Gasteiger partial charge in [0.15, 0.2) is 0 Å². The second kappa shape index (κ2) is 17.1. The lowest BCUT2D eigenvalue weighted by molar-refractivity contribution is -0.139. The van der Waals surface area contributed by atoms with Crippen molar-refractivity contribution in [2.75, 3.05) is 7.05 Å². The van der Waals surface area contributed by atoms with Crippen LogP contribution >= 0.6 is 0 Å². The van der Waals surface area contributed by atoms with Crippen LogP contribution in [0.25, 0.3) is 0 Å². The van der Waals surface area contributed by atoms with Gasteiger partial charge in [0.2, 0.25) is 11.8 Å². The largest absolute Gasteiger partial charge is 0.489 e. The highest BCUT2D eigenvalue weighted by molar-refractivity contribution is 7.94. The van der Waals surface area contributed by atoms with Crippen molar-refractivity contribution in [2.45, 2.75) is 74.0 Å².